The second kappa shape index (κ2) is 7.45. The molecule has 0 amide bonds. The minimum absolute atomic E-state index is 0.206. The second-order valence-electron chi connectivity index (χ2n) is 5.56. The van der Waals surface area contributed by atoms with Crippen molar-refractivity contribution in [3.63, 3.8) is 0 Å². The highest BCUT2D eigenvalue weighted by Gasteiger charge is 2.21. The Morgan fingerprint density at radius 3 is 3.00 bits per heavy atom. The fourth-order valence-electron chi connectivity index (χ4n) is 2.29. The summed E-state index contributed by atoms with van der Waals surface area (Å²) in [5.41, 5.74) is 4.85. The van der Waals surface area contributed by atoms with E-state index in [1.165, 1.54) is 5.56 Å². The summed E-state index contributed by atoms with van der Waals surface area (Å²) in [6, 6.07) is 4.27. The Kier molecular flexibility index (Phi) is 5.60. The van der Waals surface area contributed by atoms with E-state index in [-0.39, 0.29) is 12.1 Å². The van der Waals surface area contributed by atoms with Crippen molar-refractivity contribution in [2.75, 3.05) is 6.61 Å². The van der Waals surface area contributed by atoms with Crippen LogP contribution in [0.15, 0.2) is 17.2 Å². The maximum absolute atomic E-state index is 5.78. The lowest BCUT2D eigenvalue weighted by Crippen LogP contribution is -2.36. The first-order valence-electron chi connectivity index (χ1n) is 7.55. The zero-order valence-corrected chi connectivity index (χ0v) is 14.3. The van der Waals surface area contributed by atoms with Crippen molar-refractivity contribution < 1.29 is 9.47 Å². The number of ether oxygens (including phenoxy) is 2. The quantitative estimate of drug-likeness (QED) is 0.496. The minimum Gasteiger partial charge on any atom is -0.493 e. The molecule has 120 valence electrons. The number of nitrogens with one attached hydrogen (secondary N) is 2. The Labute approximate surface area is 137 Å². The average Bonchev–Trinajstić information content (AvgIpc) is 2.77. The molecule has 0 unspecified atom stereocenters. The van der Waals surface area contributed by atoms with E-state index in [2.05, 4.69) is 22.8 Å². The molecule has 2 rings (SSSR count). The highest BCUT2D eigenvalue weighted by Crippen LogP contribution is 2.34. The molecular formula is C16H23N3O2S. The molecule has 0 saturated heterocycles. The van der Waals surface area contributed by atoms with Gasteiger partial charge in [-0.15, -0.1) is 0 Å². The molecule has 1 aromatic rings. The summed E-state index contributed by atoms with van der Waals surface area (Å²) in [4.78, 5) is 0. The van der Waals surface area contributed by atoms with Gasteiger partial charge in [0.05, 0.1) is 12.8 Å². The summed E-state index contributed by atoms with van der Waals surface area (Å²) >= 11 is 5.13. The first-order valence-corrected chi connectivity index (χ1v) is 7.96. The normalized spacial score (nSPS) is 16.5. The highest BCUT2D eigenvalue weighted by atomic mass is 32.1. The number of hydrogen-bond donors (Lipinski definition) is 2. The molecule has 22 heavy (non-hydrogen) atoms. The topological polar surface area (TPSA) is 54.9 Å². The van der Waals surface area contributed by atoms with Crippen LogP contribution in [0.4, 0.5) is 0 Å². The molecule has 0 aromatic heterocycles. The van der Waals surface area contributed by atoms with Gasteiger partial charge < -0.3 is 14.8 Å². The van der Waals surface area contributed by atoms with Crippen molar-refractivity contribution in [3.05, 3.63) is 23.3 Å². The molecule has 0 bridgehead atoms. The van der Waals surface area contributed by atoms with E-state index < -0.39 is 0 Å². The minimum atomic E-state index is 0.206. The van der Waals surface area contributed by atoms with Crippen molar-refractivity contribution in [1.82, 2.24) is 10.7 Å². The van der Waals surface area contributed by atoms with Crippen LogP contribution in [0.2, 0.25) is 0 Å². The van der Waals surface area contributed by atoms with Crippen LogP contribution < -0.4 is 20.2 Å². The van der Waals surface area contributed by atoms with E-state index in [4.69, 9.17) is 21.7 Å². The molecule has 0 saturated carbocycles. The molecule has 0 radical (unpaired) electrons. The van der Waals surface area contributed by atoms with Gasteiger partial charge in [-0.3, -0.25) is 5.43 Å². The second-order valence-corrected chi connectivity index (χ2v) is 5.97. The van der Waals surface area contributed by atoms with Crippen LogP contribution in [0.3, 0.4) is 0 Å². The molecule has 0 aliphatic carbocycles. The van der Waals surface area contributed by atoms with Crippen LogP contribution in [0.1, 0.15) is 38.8 Å². The molecule has 1 atom stereocenters. The first kappa shape index (κ1) is 16.5. The van der Waals surface area contributed by atoms with Crippen LogP contribution in [-0.2, 0) is 6.42 Å². The number of benzene rings is 1. The SMILES string of the molecule is CCOc1cc2c(cc1/C=N\NC(=S)NC(C)C)O[C@@H](C)C2. The van der Waals surface area contributed by atoms with E-state index in [0.717, 1.165) is 23.5 Å². The van der Waals surface area contributed by atoms with Gasteiger partial charge in [0.15, 0.2) is 5.11 Å². The lowest BCUT2D eigenvalue weighted by atomic mass is 10.1. The predicted molar refractivity (Wildman–Crippen MR) is 93.0 cm³/mol. The number of thiocarbonyl (C=S) groups is 1. The summed E-state index contributed by atoms with van der Waals surface area (Å²) in [6.07, 6.45) is 2.82. The third-order valence-electron chi connectivity index (χ3n) is 3.12. The summed E-state index contributed by atoms with van der Waals surface area (Å²) < 4.78 is 11.5. The van der Waals surface area contributed by atoms with Crippen molar-refractivity contribution in [2.45, 2.75) is 46.3 Å². The van der Waals surface area contributed by atoms with E-state index >= 15 is 0 Å². The Balaban J connectivity index is 2.12. The third-order valence-corrected chi connectivity index (χ3v) is 3.33. The van der Waals surface area contributed by atoms with E-state index in [1.807, 2.05) is 32.9 Å². The predicted octanol–water partition coefficient (Wildman–Crippen LogP) is 2.62. The molecule has 1 aliphatic heterocycles. The lowest BCUT2D eigenvalue weighted by molar-refractivity contribution is 0.254. The van der Waals surface area contributed by atoms with E-state index in [9.17, 15) is 0 Å². The number of hydrogen-bond acceptors (Lipinski definition) is 4. The number of rotatable bonds is 5. The summed E-state index contributed by atoms with van der Waals surface area (Å²) in [5.74, 6) is 1.72. The average molecular weight is 321 g/mol. The van der Waals surface area contributed by atoms with Gasteiger partial charge in [0, 0.05) is 23.6 Å². The highest BCUT2D eigenvalue weighted by molar-refractivity contribution is 7.80. The van der Waals surface area contributed by atoms with Gasteiger partial charge in [0.25, 0.3) is 0 Å². The summed E-state index contributed by atoms with van der Waals surface area (Å²) in [7, 11) is 0. The van der Waals surface area contributed by atoms with Crippen LogP contribution in [0, 0.1) is 0 Å². The van der Waals surface area contributed by atoms with Crippen molar-refractivity contribution in [1.29, 1.82) is 0 Å². The van der Waals surface area contributed by atoms with Crippen LogP contribution >= 0.6 is 12.2 Å². The van der Waals surface area contributed by atoms with Crippen LogP contribution in [-0.4, -0.2) is 30.1 Å². The van der Waals surface area contributed by atoms with Gasteiger partial charge in [-0.1, -0.05) is 0 Å². The Hall–Kier alpha value is -1.82. The van der Waals surface area contributed by atoms with E-state index in [1.54, 1.807) is 6.21 Å². The van der Waals surface area contributed by atoms with Gasteiger partial charge in [-0.05, 0) is 52.0 Å². The van der Waals surface area contributed by atoms with Gasteiger partial charge in [0.2, 0.25) is 0 Å². The molecule has 6 heteroatoms. The Morgan fingerprint density at radius 2 is 2.32 bits per heavy atom. The van der Waals surface area contributed by atoms with Gasteiger partial charge in [-0.2, -0.15) is 5.10 Å². The maximum Gasteiger partial charge on any atom is 0.187 e. The maximum atomic E-state index is 5.78. The van der Waals surface area contributed by atoms with Crippen LogP contribution in [0.5, 0.6) is 11.5 Å². The Morgan fingerprint density at radius 1 is 1.55 bits per heavy atom. The first-order chi connectivity index (χ1) is 10.5. The largest absolute Gasteiger partial charge is 0.493 e. The Bertz CT molecular complexity index is 573. The van der Waals surface area contributed by atoms with Crippen LogP contribution in [0.25, 0.3) is 0 Å². The summed E-state index contributed by atoms with van der Waals surface area (Å²) in [5, 5.41) is 7.73. The standard InChI is InChI=1S/C16H23N3O2S/c1-5-20-14-7-12-6-11(4)21-15(12)8-13(14)9-17-19-16(22)18-10(2)3/h7-11H,5-6H2,1-4H3,(H2,18,19,22)/b17-9-/t11-/m0/s1. The number of nitrogens with zero attached hydrogens (tertiary/aromatic N) is 1. The molecule has 1 aliphatic rings. The molecule has 1 aromatic carbocycles. The number of hydrazone groups is 1. The number of fused-ring (bicyclic) bond motifs is 1. The van der Waals surface area contributed by atoms with Crippen molar-refractivity contribution in [3.8, 4) is 11.5 Å². The lowest BCUT2D eigenvalue weighted by Gasteiger charge is -2.11. The molecule has 5 nitrogen and oxygen atoms in total. The van der Waals surface area contributed by atoms with Gasteiger partial charge in [-0.25, -0.2) is 0 Å². The smallest absolute Gasteiger partial charge is 0.187 e. The molecular weight excluding hydrogens is 298 g/mol. The zero-order valence-electron chi connectivity index (χ0n) is 13.5. The summed E-state index contributed by atoms with van der Waals surface area (Å²) in [6.45, 7) is 8.67. The van der Waals surface area contributed by atoms with Gasteiger partial charge >= 0.3 is 0 Å². The van der Waals surface area contributed by atoms with E-state index in [0.29, 0.717) is 11.7 Å². The van der Waals surface area contributed by atoms with Crippen molar-refractivity contribution in [2.24, 2.45) is 5.10 Å². The molecule has 0 spiro atoms. The zero-order chi connectivity index (χ0) is 16.1. The molecule has 0 fully saturated rings. The van der Waals surface area contributed by atoms with Crippen molar-refractivity contribution >= 4 is 23.5 Å². The fourth-order valence-corrected chi connectivity index (χ4v) is 2.58. The molecule has 1 heterocycles. The fraction of sp³-hybridized carbons (Fsp3) is 0.500. The third kappa shape index (κ3) is 4.34. The molecule has 2 N–H and O–H groups in total. The van der Waals surface area contributed by atoms with Gasteiger partial charge in [0.1, 0.15) is 17.6 Å². The monoisotopic (exact) mass is 321 g/mol.